The zero-order valence-electron chi connectivity index (χ0n) is 14.2. The van der Waals surface area contributed by atoms with Gasteiger partial charge in [0.2, 0.25) is 0 Å². The van der Waals surface area contributed by atoms with E-state index in [9.17, 15) is 4.79 Å². The maximum atomic E-state index is 11.2. The van der Waals surface area contributed by atoms with Crippen LogP contribution in [0.25, 0.3) is 5.76 Å². The lowest BCUT2D eigenvalue weighted by atomic mass is 9.53. The number of rotatable bonds is 3. The molecule has 1 aromatic carbocycles. The lowest BCUT2D eigenvalue weighted by Gasteiger charge is -2.56. The van der Waals surface area contributed by atoms with Gasteiger partial charge >= 0.3 is 5.97 Å². The normalized spacial score (nSPS) is 33.5. The summed E-state index contributed by atoms with van der Waals surface area (Å²) >= 11 is 4.03. The molecule has 2 atom stereocenters. The summed E-state index contributed by atoms with van der Waals surface area (Å²) in [6.07, 6.45) is 6.33. The Morgan fingerprint density at radius 1 is 1.21 bits per heavy atom. The van der Waals surface area contributed by atoms with Crippen molar-refractivity contribution >= 4 is 27.7 Å². The number of carbonyl (C=O) groups excluding carboxylic acids is 1. The van der Waals surface area contributed by atoms with Gasteiger partial charge in [-0.2, -0.15) is 0 Å². The second kappa shape index (κ2) is 5.91. The van der Waals surface area contributed by atoms with Gasteiger partial charge in [-0.15, -0.1) is 0 Å². The Hall–Kier alpha value is -1.29. The first kappa shape index (κ1) is 16.2. The molecule has 2 unspecified atom stereocenters. The number of esters is 1. The molecule has 0 N–H and O–H groups in total. The molecule has 128 valence electrons. The van der Waals surface area contributed by atoms with Gasteiger partial charge in [0, 0.05) is 16.8 Å². The Morgan fingerprint density at radius 3 is 2.50 bits per heavy atom. The maximum absolute atomic E-state index is 11.2. The number of allylic oxidation sites excluding steroid dienone is 1. The molecule has 24 heavy (non-hydrogen) atoms. The minimum atomic E-state index is -0.297. The number of carbonyl (C=O) groups is 1. The van der Waals surface area contributed by atoms with E-state index in [1.54, 1.807) is 7.11 Å². The number of methoxy groups -OCH3 is 1. The van der Waals surface area contributed by atoms with Crippen molar-refractivity contribution in [3.8, 4) is 5.75 Å². The highest BCUT2D eigenvalue weighted by atomic mass is 79.9. The highest BCUT2D eigenvalue weighted by Gasteiger charge is 2.53. The molecule has 4 bridgehead atoms. The van der Waals surface area contributed by atoms with Crippen LogP contribution in [0.15, 0.2) is 29.8 Å². The van der Waals surface area contributed by atoms with E-state index < -0.39 is 0 Å². The molecule has 4 heteroatoms. The molecule has 0 amide bonds. The van der Waals surface area contributed by atoms with Gasteiger partial charge in [0.1, 0.15) is 11.5 Å². The van der Waals surface area contributed by atoms with Crippen LogP contribution < -0.4 is 4.74 Å². The van der Waals surface area contributed by atoms with Gasteiger partial charge in [0.05, 0.1) is 7.11 Å². The van der Waals surface area contributed by atoms with Crippen LogP contribution in [0, 0.1) is 17.8 Å². The van der Waals surface area contributed by atoms with Crippen molar-refractivity contribution in [2.45, 2.75) is 43.4 Å². The van der Waals surface area contributed by atoms with Crippen LogP contribution >= 0.6 is 15.9 Å². The SMILES string of the molecule is COC(=C1C2CC3CC1CC(Br)(C3)C2)c1cccc(OC(C)=O)c1. The summed E-state index contributed by atoms with van der Waals surface area (Å²) in [4.78, 5) is 11.2. The lowest BCUT2D eigenvalue weighted by molar-refractivity contribution is -0.131. The fourth-order valence-electron chi connectivity index (χ4n) is 5.33. The summed E-state index contributed by atoms with van der Waals surface area (Å²) in [5.74, 6) is 3.36. The molecule has 5 rings (SSSR count). The van der Waals surface area contributed by atoms with Crippen LogP contribution in [-0.2, 0) is 9.53 Å². The van der Waals surface area contributed by atoms with Crippen LogP contribution in [0.1, 0.15) is 44.6 Å². The number of benzene rings is 1. The van der Waals surface area contributed by atoms with Gasteiger partial charge in [0.15, 0.2) is 0 Å². The van der Waals surface area contributed by atoms with Crippen molar-refractivity contribution in [3.63, 3.8) is 0 Å². The molecule has 0 saturated heterocycles. The van der Waals surface area contributed by atoms with Gasteiger partial charge in [-0.25, -0.2) is 0 Å². The van der Waals surface area contributed by atoms with Crippen LogP contribution in [-0.4, -0.2) is 17.4 Å². The van der Waals surface area contributed by atoms with Crippen molar-refractivity contribution in [1.82, 2.24) is 0 Å². The van der Waals surface area contributed by atoms with Crippen molar-refractivity contribution < 1.29 is 14.3 Å². The van der Waals surface area contributed by atoms with Gasteiger partial charge in [-0.05, 0) is 67.6 Å². The molecule has 0 spiro atoms. The topological polar surface area (TPSA) is 35.5 Å². The summed E-state index contributed by atoms with van der Waals surface area (Å²) in [5.41, 5.74) is 2.51. The van der Waals surface area contributed by atoms with Crippen LogP contribution in [0.4, 0.5) is 0 Å². The Balaban J connectivity index is 1.73. The first-order chi connectivity index (χ1) is 11.5. The average molecular weight is 391 g/mol. The van der Waals surface area contributed by atoms with Gasteiger partial charge < -0.3 is 9.47 Å². The molecule has 4 fully saturated rings. The molecule has 4 saturated carbocycles. The van der Waals surface area contributed by atoms with Gasteiger partial charge in [-0.1, -0.05) is 28.1 Å². The van der Waals surface area contributed by atoms with Crippen molar-refractivity contribution in [2.24, 2.45) is 17.8 Å². The van der Waals surface area contributed by atoms with Crippen LogP contribution in [0.2, 0.25) is 0 Å². The monoisotopic (exact) mass is 390 g/mol. The molecule has 4 aliphatic carbocycles. The molecular weight excluding hydrogens is 368 g/mol. The second-order valence-corrected chi connectivity index (χ2v) is 9.29. The molecule has 0 heterocycles. The molecule has 4 aliphatic rings. The fourth-order valence-corrected chi connectivity index (χ4v) is 6.57. The predicted octanol–water partition coefficient (Wildman–Crippen LogP) is 4.94. The number of halogens is 1. The number of hydrogen-bond acceptors (Lipinski definition) is 3. The first-order valence-electron chi connectivity index (χ1n) is 8.73. The van der Waals surface area contributed by atoms with Crippen molar-refractivity contribution in [1.29, 1.82) is 0 Å². The quantitative estimate of drug-likeness (QED) is 0.317. The summed E-state index contributed by atoms with van der Waals surface area (Å²) in [5, 5.41) is 0. The zero-order valence-corrected chi connectivity index (χ0v) is 15.8. The van der Waals surface area contributed by atoms with Crippen LogP contribution in [0.5, 0.6) is 5.75 Å². The van der Waals surface area contributed by atoms with E-state index in [1.807, 2.05) is 24.3 Å². The summed E-state index contributed by atoms with van der Waals surface area (Å²) in [6.45, 7) is 1.43. The Morgan fingerprint density at radius 2 is 1.92 bits per heavy atom. The van der Waals surface area contributed by atoms with Crippen LogP contribution in [0.3, 0.4) is 0 Å². The molecule has 0 aromatic heterocycles. The third kappa shape index (κ3) is 2.79. The summed E-state index contributed by atoms with van der Waals surface area (Å²) < 4.78 is 11.5. The third-order valence-electron chi connectivity index (χ3n) is 5.82. The van der Waals surface area contributed by atoms with E-state index in [0.29, 0.717) is 21.9 Å². The van der Waals surface area contributed by atoms with E-state index in [0.717, 1.165) is 17.2 Å². The van der Waals surface area contributed by atoms with Gasteiger partial charge in [-0.3, -0.25) is 4.79 Å². The van der Waals surface area contributed by atoms with E-state index in [1.165, 1.54) is 44.6 Å². The van der Waals surface area contributed by atoms with E-state index in [-0.39, 0.29) is 5.97 Å². The number of alkyl halides is 1. The second-order valence-electron chi connectivity index (χ2n) is 7.60. The fraction of sp³-hybridized carbons (Fsp3) is 0.550. The Labute approximate surface area is 151 Å². The predicted molar refractivity (Wildman–Crippen MR) is 96.9 cm³/mol. The number of ether oxygens (including phenoxy) is 2. The molecule has 0 aliphatic heterocycles. The lowest BCUT2D eigenvalue weighted by Crippen LogP contribution is -2.48. The Bertz CT molecular complexity index is 691. The largest absolute Gasteiger partial charge is 0.496 e. The third-order valence-corrected chi connectivity index (χ3v) is 6.79. The molecule has 1 aromatic rings. The maximum Gasteiger partial charge on any atom is 0.308 e. The standard InChI is InChI=1S/C20H23BrO3/c1-12(22)24-17-5-3-4-14(8-17)19(23-2)18-15-6-13-7-16(18)11-20(21,9-13)10-15/h3-5,8,13,15-16H,6-7,9-11H2,1-2H3. The number of hydrogen-bond donors (Lipinski definition) is 0. The molecule has 3 nitrogen and oxygen atoms in total. The molecular formula is C20H23BrO3. The van der Waals surface area contributed by atoms with E-state index in [4.69, 9.17) is 9.47 Å². The van der Waals surface area contributed by atoms with Crippen molar-refractivity contribution in [3.05, 3.63) is 35.4 Å². The molecule has 0 radical (unpaired) electrons. The summed E-state index contributed by atoms with van der Waals surface area (Å²) in [7, 11) is 1.76. The first-order valence-corrected chi connectivity index (χ1v) is 9.52. The highest BCUT2D eigenvalue weighted by molar-refractivity contribution is 9.10. The van der Waals surface area contributed by atoms with E-state index in [2.05, 4.69) is 15.9 Å². The smallest absolute Gasteiger partial charge is 0.308 e. The average Bonchev–Trinajstić information content (AvgIpc) is 2.48. The highest BCUT2D eigenvalue weighted by Crippen LogP contribution is 2.62. The van der Waals surface area contributed by atoms with E-state index >= 15 is 0 Å². The minimum Gasteiger partial charge on any atom is -0.496 e. The van der Waals surface area contributed by atoms with Crippen molar-refractivity contribution in [2.75, 3.05) is 7.11 Å². The Kier molecular flexibility index (Phi) is 3.98. The summed E-state index contributed by atoms with van der Waals surface area (Å²) in [6, 6.07) is 7.71. The van der Waals surface area contributed by atoms with Gasteiger partial charge in [0.25, 0.3) is 0 Å². The zero-order chi connectivity index (χ0) is 16.9. The minimum absolute atomic E-state index is 0.297.